The smallest absolute Gasteiger partial charge is 0.243 e. The van der Waals surface area contributed by atoms with Crippen LogP contribution in [0, 0.1) is 0 Å². The summed E-state index contributed by atoms with van der Waals surface area (Å²) in [5.41, 5.74) is 2.10. The number of rotatable bonds is 9. The molecule has 3 atom stereocenters. The molecule has 0 radical (unpaired) electrons. The Morgan fingerprint density at radius 3 is 2.43 bits per heavy atom. The summed E-state index contributed by atoms with van der Waals surface area (Å²) in [5, 5.41) is 18.8. The van der Waals surface area contributed by atoms with Crippen LogP contribution in [0.15, 0.2) is 55.3 Å². The predicted octanol–water partition coefficient (Wildman–Crippen LogP) is 5.13. The van der Waals surface area contributed by atoms with Gasteiger partial charge in [-0.3, -0.25) is 4.79 Å². The highest BCUT2D eigenvalue weighted by atomic mass is 35.5. The lowest BCUT2D eigenvalue weighted by Gasteiger charge is -2.44. The van der Waals surface area contributed by atoms with Gasteiger partial charge in [0.15, 0.2) is 0 Å². The number of aromatic nitrogens is 2. The number of aliphatic hydroxyl groups is 1. The maximum absolute atomic E-state index is 12.0. The van der Waals surface area contributed by atoms with Gasteiger partial charge in [0, 0.05) is 36.5 Å². The lowest BCUT2D eigenvalue weighted by atomic mass is 9.90. The van der Waals surface area contributed by atoms with Crippen molar-refractivity contribution in [1.82, 2.24) is 15.3 Å². The van der Waals surface area contributed by atoms with Crippen molar-refractivity contribution in [2.24, 2.45) is 0 Å². The molecule has 1 fully saturated rings. The molecule has 12 heteroatoms. The van der Waals surface area contributed by atoms with Crippen molar-refractivity contribution in [3.8, 4) is 11.5 Å². The van der Waals surface area contributed by atoms with Crippen molar-refractivity contribution in [2.75, 3.05) is 29.3 Å². The maximum atomic E-state index is 12.0. The highest BCUT2D eigenvalue weighted by molar-refractivity contribution is 6.41. The summed E-state index contributed by atoms with van der Waals surface area (Å²) in [6, 6.07) is 11.3. The normalized spacial score (nSPS) is 20.0. The molecule has 222 valence electrons. The van der Waals surface area contributed by atoms with E-state index in [0.29, 0.717) is 35.5 Å². The highest BCUT2D eigenvalue weighted by Crippen LogP contribution is 2.48. The van der Waals surface area contributed by atoms with Crippen LogP contribution >= 0.6 is 23.2 Å². The molecule has 1 aliphatic carbocycles. The van der Waals surface area contributed by atoms with Crippen LogP contribution in [0.5, 0.6) is 11.5 Å². The lowest BCUT2D eigenvalue weighted by Crippen LogP contribution is -2.52. The molecule has 1 aliphatic heterocycles. The minimum Gasteiger partial charge on any atom is -0.495 e. The van der Waals surface area contributed by atoms with Gasteiger partial charge in [-0.05, 0) is 24.5 Å². The van der Waals surface area contributed by atoms with Gasteiger partial charge in [-0.2, -0.15) is 4.98 Å². The molecule has 10 nitrogen and oxygen atoms in total. The van der Waals surface area contributed by atoms with Crippen LogP contribution in [0.4, 0.5) is 17.5 Å². The highest BCUT2D eigenvalue weighted by Gasteiger charge is 2.37. The van der Waals surface area contributed by atoms with E-state index in [4.69, 9.17) is 37.7 Å². The number of nitrogens with zero attached hydrogens (tertiary/aromatic N) is 4. The summed E-state index contributed by atoms with van der Waals surface area (Å²) in [6.45, 7) is 4.14. The van der Waals surface area contributed by atoms with E-state index in [1.165, 1.54) is 20.3 Å². The molecule has 1 aromatic heterocycles. The molecule has 3 N–H and O–H groups in total. The van der Waals surface area contributed by atoms with E-state index >= 15 is 0 Å². The third-order valence-electron chi connectivity index (χ3n) is 7.64. The van der Waals surface area contributed by atoms with E-state index in [2.05, 4.69) is 22.2 Å². The van der Waals surface area contributed by atoms with Crippen LogP contribution < -0.4 is 29.9 Å². The summed E-state index contributed by atoms with van der Waals surface area (Å²) < 4.78 is 10.9. The summed E-state index contributed by atoms with van der Waals surface area (Å²) >= 11 is 13.5. The SMILES string of the molecule is C=CC(=O)N[C@H]1CCCC[C@H]1Nc1ncc2c(n1)N(Cc1ccccc1)C(O)N(c1c(Cl)c(OC)cc(OC)c1Cl)C2. The topological polar surface area (TPSA) is 112 Å². The first kappa shape index (κ1) is 29.8. The monoisotopic (exact) mass is 612 g/mol. The number of nitrogens with one attached hydrogen (secondary N) is 2. The Balaban J connectivity index is 1.53. The number of halogens is 2. The molecule has 1 amide bonds. The Labute approximate surface area is 255 Å². The molecule has 0 bridgehead atoms. The molecule has 0 saturated heterocycles. The third kappa shape index (κ3) is 6.06. The fourth-order valence-corrected chi connectivity index (χ4v) is 6.23. The molecular formula is C30H34Cl2N6O4. The summed E-state index contributed by atoms with van der Waals surface area (Å²) in [4.78, 5) is 25.0. The first-order chi connectivity index (χ1) is 20.3. The van der Waals surface area contributed by atoms with Gasteiger partial charge in [0.2, 0.25) is 18.2 Å². The number of amides is 1. The van der Waals surface area contributed by atoms with Crippen molar-refractivity contribution in [3.63, 3.8) is 0 Å². The van der Waals surface area contributed by atoms with E-state index in [0.717, 1.165) is 36.8 Å². The van der Waals surface area contributed by atoms with Crippen molar-refractivity contribution < 1.29 is 19.4 Å². The second kappa shape index (κ2) is 13.1. The zero-order valence-corrected chi connectivity index (χ0v) is 25.0. The molecule has 1 saturated carbocycles. The fraction of sp³-hybridized carbons (Fsp3) is 0.367. The lowest BCUT2D eigenvalue weighted by molar-refractivity contribution is -0.117. The van der Waals surface area contributed by atoms with Gasteiger partial charge in [-0.25, -0.2) is 4.98 Å². The van der Waals surface area contributed by atoms with E-state index in [1.54, 1.807) is 22.1 Å². The average Bonchev–Trinajstić information content (AvgIpc) is 3.01. The number of benzene rings is 2. The average molecular weight is 614 g/mol. The van der Waals surface area contributed by atoms with Gasteiger partial charge in [-0.1, -0.05) is 73.0 Å². The van der Waals surface area contributed by atoms with Crippen molar-refractivity contribution in [1.29, 1.82) is 0 Å². The molecule has 5 rings (SSSR count). The zero-order valence-electron chi connectivity index (χ0n) is 23.5. The molecule has 2 heterocycles. The second-order valence-electron chi connectivity index (χ2n) is 10.2. The van der Waals surface area contributed by atoms with Crippen LogP contribution in [0.1, 0.15) is 36.8 Å². The van der Waals surface area contributed by atoms with Gasteiger partial charge >= 0.3 is 0 Å². The second-order valence-corrected chi connectivity index (χ2v) is 11.0. The van der Waals surface area contributed by atoms with E-state index < -0.39 is 6.35 Å². The standard InChI is InChI=1S/C30H34Cl2N6O4/c1-4-24(39)34-20-12-8-9-13-21(20)35-29-33-15-19-17-37(27-25(31)22(41-2)14-23(42-3)26(27)32)30(40)38(28(19)36-29)16-18-10-6-5-7-11-18/h4-7,10-11,14-15,20-21,30,40H,1,8-9,12-13,16-17H2,2-3H3,(H,34,39)(H,33,35,36)/t20-,21+,30?/m0/s1. The van der Waals surface area contributed by atoms with E-state index in [-0.39, 0.29) is 34.6 Å². The largest absolute Gasteiger partial charge is 0.495 e. The first-order valence-corrected chi connectivity index (χ1v) is 14.5. The van der Waals surface area contributed by atoms with Crippen molar-refractivity contribution in [2.45, 2.75) is 57.2 Å². The van der Waals surface area contributed by atoms with E-state index in [1.807, 2.05) is 30.3 Å². The van der Waals surface area contributed by atoms with Gasteiger partial charge in [-0.15, -0.1) is 0 Å². The number of hydrogen-bond donors (Lipinski definition) is 3. The summed E-state index contributed by atoms with van der Waals surface area (Å²) in [7, 11) is 3.01. The number of aliphatic hydroxyl groups excluding tert-OH is 1. The third-order valence-corrected chi connectivity index (χ3v) is 8.37. The van der Waals surface area contributed by atoms with Crippen LogP contribution in [0.3, 0.4) is 0 Å². The minimum atomic E-state index is -1.19. The number of carbonyl (C=O) groups excluding carboxylic acids is 1. The molecule has 42 heavy (non-hydrogen) atoms. The Morgan fingerprint density at radius 2 is 1.79 bits per heavy atom. The number of methoxy groups -OCH3 is 2. The maximum Gasteiger partial charge on any atom is 0.243 e. The Bertz CT molecular complexity index is 1410. The van der Waals surface area contributed by atoms with Crippen molar-refractivity contribution in [3.05, 3.63) is 76.4 Å². The molecular weight excluding hydrogens is 579 g/mol. The van der Waals surface area contributed by atoms with Crippen LogP contribution in [0.2, 0.25) is 10.0 Å². The molecule has 2 aliphatic rings. The molecule has 0 spiro atoms. The van der Waals surface area contributed by atoms with Crippen LogP contribution in [-0.2, 0) is 17.9 Å². The van der Waals surface area contributed by atoms with Gasteiger partial charge < -0.3 is 35.0 Å². The number of hydrogen-bond acceptors (Lipinski definition) is 9. The fourth-order valence-electron chi connectivity index (χ4n) is 5.51. The molecule has 2 aromatic carbocycles. The van der Waals surface area contributed by atoms with E-state index in [9.17, 15) is 9.90 Å². The van der Waals surface area contributed by atoms with Gasteiger partial charge in [0.1, 0.15) is 27.4 Å². The van der Waals surface area contributed by atoms with Gasteiger partial charge in [0.25, 0.3) is 0 Å². The summed E-state index contributed by atoms with van der Waals surface area (Å²) in [5.74, 6) is 1.51. The Hall–Kier alpha value is -3.73. The number of ether oxygens (including phenoxy) is 2. The number of fused-ring (bicyclic) bond motifs is 1. The predicted molar refractivity (Wildman–Crippen MR) is 164 cm³/mol. The molecule has 3 aromatic rings. The van der Waals surface area contributed by atoms with Crippen molar-refractivity contribution >= 4 is 46.6 Å². The quantitative estimate of drug-likeness (QED) is 0.283. The molecule has 1 unspecified atom stereocenters. The number of carbonyl (C=O) groups is 1. The Kier molecular flexibility index (Phi) is 9.25. The zero-order chi connectivity index (χ0) is 29.8. The van der Waals surface area contributed by atoms with Crippen LogP contribution in [0.25, 0.3) is 0 Å². The number of anilines is 3. The van der Waals surface area contributed by atoms with Gasteiger partial charge in [0.05, 0.1) is 26.5 Å². The minimum absolute atomic E-state index is 0.0462. The Morgan fingerprint density at radius 1 is 1.12 bits per heavy atom. The summed E-state index contributed by atoms with van der Waals surface area (Å²) in [6.07, 6.45) is 5.60. The first-order valence-electron chi connectivity index (χ1n) is 13.7. The van der Waals surface area contributed by atoms with Crippen LogP contribution in [-0.4, -0.2) is 53.6 Å².